The van der Waals surface area contributed by atoms with E-state index < -0.39 is 0 Å². The van der Waals surface area contributed by atoms with Gasteiger partial charge in [0.15, 0.2) is 5.82 Å². The van der Waals surface area contributed by atoms with E-state index in [-0.39, 0.29) is 0 Å². The Hall–Kier alpha value is -2.10. The normalized spacial score (nSPS) is 14.7. The third kappa shape index (κ3) is 2.90. The number of benzene rings is 1. The zero-order chi connectivity index (χ0) is 13.8. The first-order valence-electron chi connectivity index (χ1n) is 7.30. The highest BCUT2D eigenvalue weighted by atomic mass is 15.1. The lowest BCUT2D eigenvalue weighted by atomic mass is 9.93. The van der Waals surface area contributed by atoms with E-state index in [4.69, 9.17) is 0 Å². The third-order valence-corrected chi connectivity index (χ3v) is 3.57. The lowest BCUT2D eigenvalue weighted by Gasteiger charge is -2.27. The van der Waals surface area contributed by atoms with Gasteiger partial charge in [0, 0.05) is 24.2 Å². The third-order valence-electron chi connectivity index (χ3n) is 3.57. The predicted molar refractivity (Wildman–Crippen MR) is 82.9 cm³/mol. The Balaban J connectivity index is 1.91. The molecule has 2 N–H and O–H groups in total. The molecule has 0 amide bonds. The molecule has 1 aromatic heterocycles. The van der Waals surface area contributed by atoms with Crippen molar-refractivity contribution >= 4 is 11.6 Å². The van der Waals surface area contributed by atoms with Crippen LogP contribution in [-0.4, -0.2) is 22.6 Å². The maximum Gasteiger partial charge on any atom is 0.163 e. The smallest absolute Gasteiger partial charge is 0.163 e. The number of nitrogens with zero attached hydrogens (tertiary/aromatic N) is 2. The van der Waals surface area contributed by atoms with Crippen molar-refractivity contribution in [3.8, 4) is 11.4 Å². The average Bonchev–Trinajstić information content (AvgIpc) is 2.44. The monoisotopic (exact) mass is 268 g/mol. The van der Waals surface area contributed by atoms with Crippen molar-refractivity contribution in [3.63, 3.8) is 0 Å². The highest BCUT2D eigenvalue weighted by Gasteiger charge is 2.18. The first kappa shape index (κ1) is 12.9. The van der Waals surface area contributed by atoms with Crippen LogP contribution in [-0.2, 0) is 0 Å². The number of anilines is 2. The Bertz CT molecular complexity index is 564. The summed E-state index contributed by atoms with van der Waals surface area (Å²) in [6.07, 6.45) is 3.79. The Morgan fingerprint density at radius 3 is 2.50 bits per heavy atom. The maximum atomic E-state index is 4.65. The van der Waals surface area contributed by atoms with Crippen LogP contribution in [0.5, 0.6) is 0 Å². The topological polar surface area (TPSA) is 49.8 Å². The summed E-state index contributed by atoms with van der Waals surface area (Å²) in [6.45, 7) is 2.93. The van der Waals surface area contributed by atoms with Gasteiger partial charge in [-0.2, -0.15) is 0 Å². The summed E-state index contributed by atoms with van der Waals surface area (Å²) < 4.78 is 0. The molecule has 4 nitrogen and oxygen atoms in total. The van der Waals surface area contributed by atoms with E-state index in [0.29, 0.717) is 6.04 Å². The molecule has 0 saturated heterocycles. The summed E-state index contributed by atoms with van der Waals surface area (Å²) in [5.41, 5.74) is 1.05. The largest absolute Gasteiger partial charge is 0.370 e. The zero-order valence-corrected chi connectivity index (χ0v) is 11.8. The summed E-state index contributed by atoms with van der Waals surface area (Å²) in [5, 5.41) is 6.77. The molecule has 0 radical (unpaired) electrons. The molecular formula is C16H20N4. The quantitative estimate of drug-likeness (QED) is 0.871. The van der Waals surface area contributed by atoms with Gasteiger partial charge in [-0.3, -0.25) is 0 Å². The van der Waals surface area contributed by atoms with Crippen LogP contribution in [0.15, 0.2) is 36.4 Å². The van der Waals surface area contributed by atoms with Crippen LogP contribution in [0.3, 0.4) is 0 Å². The van der Waals surface area contributed by atoms with Crippen LogP contribution < -0.4 is 10.6 Å². The number of rotatable bonds is 5. The molecule has 0 atom stereocenters. The second kappa shape index (κ2) is 5.90. The second-order valence-corrected chi connectivity index (χ2v) is 5.13. The molecule has 2 aromatic rings. The lowest BCUT2D eigenvalue weighted by Crippen LogP contribution is -2.27. The predicted octanol–water partition coefficient (Wildman–Crippen LogP) is 3.54. The Morgan fingerprint density at radius 2 is 1.85 bits per heavy atom. The first-order valence-corrected chi connectivity index (χ1v) is 7.30. The van der Waals surface area contributed by atoms with E-state index in [2.05, 4.69) is 27.5 Å². The molecule has 0 aliphatic heterocycles. The lowest BCUT2D eigenvalue weighted by molar-refractivity contribution is 0.444. The molecule has 104 valence electrons. The molecule has 1 aliphatic rings. The van der Waals surface area contributed by atoms with Gasteiger partial charge in [-0.1, -0.05) is 30.3 Å². The molecule has 4 heteroatoms. The minimum Gasteiger partial charge on any atom is -0.370 e. The van der Waals surface area contributed by atoms with Gasteiger partial charge in [0.1, 0.15) is 11.6 Å². The van der Waals surface area contributed by atoms with Crippen LogP contribution in [0.25, 0.3) is 11.4 Å². The molecule has 1 heterocycles. The average molecular weight is 268 g/mol. The second-order valence-electron chi connectivity index (χ2n) is 5.13. The van der Waals surface area contributed by atoms with Gasteiger partial charge in [0.2, 0.25) is 0 Å². The molecule has 0 spiro atoms. The summed E-state index contributed by atoms with van der Waals surface area (Å²) in [4.78, 5) is 9.23. The molecule has 3 rings (SSSR count). The van der Waals surface area contributed by atoms with Crippen LogP contribution in [0, 0.1) is 0 Å². The summed E-state index contributed by atoms with van der Waals surface area (Å²) >= 11 is 0. The van der Waals surface area contributed by atoms with E-state index >= 15 is 0 Å². The van der Waals surface area contributed by atoms with Crippen LogP contribution in [0.2, 0.25) is 0 Å². The van der Waals surface area contributed by atoms with E-state index in [1.54, 1.807) is 0 Å². The summed E-state index contributed by atoms with van der Waals surface area (Å²) in [7, 11) is 0. The van der Waals surface area contributed by atoms with E-state index in [1.807, 2.05) is 36.4 Å². The van der Waals surface area contributed by atoms with Gasteiger partial charge in [-0.15, -0.1) is 0 Å². The van der Waals surface area contributed by atoms with Gasteiger partial charge >= 0.3 is 0 Å². The fourth-order valence-corrected chi connectivity index (χ4v) is 2.27. The van der Waals surface area contributed by atoms with E-state index in [9.17, 15) is 0 Å². The fraction of sp³-hybridized carbons (Fsp3) is 0.375. The van der Waals surface area contributed by atoms with E-state index in [1.165, 1.54) is 19.3 Å². The van der Waals surface area contributed by atoms with Crippen molar-refractivity contribution < 1.29 is 0 Å². The van der Waals surface area contributed by atoms with Gasteiger partial charge in [-0.25, -0.2) is 9.97 Å². The van der Waals surface area contributed by atoms with Crippen molar-refractivity contribution in [1.82, 2.24) is 9.97 Å². The molecule has 0 bridgehead atoms. The number of hydrogen-bond donors (Lipinski definition) is 2. The highest BCUT2D eigenvalue weighted by Crippen LogP contribution is 2.25. The Kier molecular flexibility index (Phi) is 3.81. The minimum absolute atomic E-state index is 0.572. The van der Waals surface area contributed by atoms with Crippen molar-refractivity contribution in [1.29, 1.82) is 0 Å². The van der Waals surface area contributed by atoms with Crippen molar-refractivity contribution in [2.75, 3.05) is 17.2 Å². The maximum absolute atomic E-state index is 4.65. The molecule has 1 fully saturated rings. The minimum atomic E-state index is 0.572. The molecule has 1 saturated carbocycles. The summed E-state index contributed by atoms with van der Waals surface area (Å²) in [5.74, 6) is 2.56. The van der Waals surface area contributed by atoms with Gasteiger partial charge < -0.3 is 10.6 Å². The van der Waals surface area contributed by atoms with Gasteiger partial charge in [0.05, 0.1) is 0 Å². The van der Waals surface area contributed by atoms with Gasteiger partial charge in [-0.05, 0) is 26.2 Å². The van der Waals surface area contributed by atoms with E-state index in [0.717, 1.165) is 29.6 Å². The Morgan fingerprint density at radius 1 is 1.10 bits per heavy atom. The molecule has 1 aromatic carbocycles. The van der Waals surface area contributed by atoms with Crippen molar-refractivity contribution in [3.05, 3.63) is 36.4 Å². The molecular weight excluding hydrogens is 248 g/mol. The number of hydrogen-bond acceptors (Lipinski definition) is 4. The highest BCUT2D eigenvalue weighted by molar-refractivity contribution is 5.61. The van der Waals surface area contributed by atoms with Crippen molar-refractivity contribution in [2.24, 2.45) is 0 Å². The van der Waals surface area contributed by atoms with Crippen LogP contribution >= 0.6 is 0 Å². The molecule has 20 heavy (non-hydrogen) atoms. The fourth-order valence-electron chi connectivity index (χ4n) is 2.27. The van der Waals surface area contributed by atoms with Crippen LogP contribution in [0.4, 0.5) is 11.6 Å². The molecule has 1 aliphatic carbocycles. The molecule has 0 unspecified atom stereocenters. The first-order chi connectivity index (χ1) is 9.85. The number of nitrogens with one attached hydrogen (secondary N) is 2. The van der Waals surface area contributed by atoms with Crippen LogP contribution in [0.1, 0.15) is 26.2 Å². The SMILES string of the molecule is CCNc1cc(NC2CCC2)nc(-c2ccccc2)n1. The zero-order valence-electron chi connectivity index (χ0n) is 11.8. The standard InChI is InChI=1S/C16H20N4/c1-2-17-14-11-15(18-13-9-6-10-13)20-16(19-14)12-7-4-3-5-8-12/h3-5,7-8,11,13H,2,6,9-10H2,1H3,(H2,17,18,19,20). The van der Waals surface area contributed by atoms with Crippen molar-refractivity contribution in [2.45, 2.75) is 32.2 Å². The summed E-state index contributed by atoms with van der Waals surface area (Å²) in [6, 6.07) is 12.7. The number of aromatic nitrogens is 2. The van der Waals surface area contributed by atoms with Gasteiger partial charge in [0.25, 0.3) is 0 Å². The Labute approximate surface area is 119 Å².